The van der Waals surface area contributed by atoms with Crippen molar-refractivity contribution in [3.8, 4) is 0 Å². The Balaban J connectivity index is 1.64. The first-order valence-electron chi connectivity index (χ1n) is 7.54. The molecule has 0 aromatic heterocycles. The maximum absolute atomic E-state index is 12.5. The molecule has 0 saturated carbocycles. The van der Waals surface area contributed by atoms with Gasteiger partial charge in [-0.25, -0.2) is 0 Å². The first-order chi connectivity index (χ1) is 9.69. The number of nitrogen functional groups attached to an aromatic ring is 1. The number of piperidine rings is 2. The molecule has 2 saturated heterocycles. The number of carbonyl (C=O) groups excluding carboxylic acids is 1. The van der Waals surface area contributed by atoms with Gasteiger partial charge in [0, 0.05) is 24.3 Å². The summed E-state index contributed by atoms with van der Waals surface area (Å²) in [4.78, 5) is 14.5. The quantitative estimate of drug-likeness (QED) is 0.768. The number of anilines is 1. The van der Waals surface area contributed by atoms with Crippen molar-refractivity contribution in [2.75, 3.05) is 31.9 Å². The summed E-state index contributed by atoms with van der Waals surface area (Å²) in [7, 11) is 0. The van der Waals surface area contributed by atoms with Crippen LogP contribution >= 0.6 is 0 Å². The van der Waals surface area contributed by atoms with Crippen molar-refractivity contribution < 1.29 is 4.79 Å². The van der Waals surface area contributed by atoms with E-state index in [0.717, 1.165) is 39.0 Å². The second-order valence-electron chi connectivity index (χ2n) is 6.17. The molecule has 108 valence electrons. The zero-order valence-corrected chi connectivity index (χ0v) is 11.9. The van der Waals surface area contributed by atoms with E-state index in [2.05, 4.69) is 5.32 Å². The smallest absolute Gasteiger partial charge is 0.253 e. The fourth-order valence-electron chi connectivity index (χ4n) is 3.50. The van der Waals surface area contributed by atoms with E-state index in [9.17, 15) is 4.79 Å². The topological polar surface area (TPSA) is 58.4 Å². The van der Waals surface area contributed by atoms with Gasteiger partial charge in [-0.3, -0.25) is 4.79 Å². The molecule has 3 N–H and O–H groups in total. The molecule has 4 nitrogen and oxygen atoms in total. The Morgan fingerprint density at radius 1 is 1.15 bits per heavy atom. The number of hydrogen-bond acceptors (Lipinski definition) is 3. The van der Waals surface area contributed by atoms with Crippen molar-refractivity contribution >= 4 is 11.6 Å². The number of benzene rings is 1. The first kappa shape index (κ1) is 13.4. The summed E-state index contributed by atoms with van der Waals surface area (Å²) in [6.45, 7) is 4.02. The second kappa shape index (κ2) is 5.44. The third kappa shape index (κ3) is 2.66. The molecule has 2 fully saturated rings. The normalized spacial score (nSPS) is 21.9. The van der Waals surface area contributed by atoms with Crippen LogP contribution in [0.25, 0.3) is 0 Å². The first-order valence-corrected chi connectivity index (χ1v) is 7.54. The Morgan fingerprint density at radius 2 is 1.85 bits per heavy atom. The maximum atomic E-state index is 12.5. The molecule has 2 heterocycles. The van der Waals surface area contributed by atoms with Gasteiger partial charge in [0.15, 0.2) is 0 Å². The van der Waals surface area contributed by atoms with Crippen molar-refractivity contribution in [2.45, 2.75) is 25.7 Å². The maximum Gasteiger partial charge on any atom is 0.253 e. The Labute approximate surface area is 120 Å². The van der Waals surface area contributed by atoms with E-state index in [-0.39, 0.29) is 5.91 Å². The summed E-state index contributed by atoms with van der Waals surface area (Å²) < 4.78 is 0. The number of rotatable bonds is 1. The van der Waals surface area contributed by atoms with Gasteiger partial charge in [0.05, 0.1) is 0 Å². The molecule has 3 rings (SSSR count). The molecule has 4 heteroatoms. The highest BCUT2D eigenvalue weighted by atomic mass is 16.2. The van der Waals surface area contributed by atoms with Gasteiger partial charge in [-0.2, -0.15) is 0 Å². The van der Waals surface area contributed by atoms with Crippen LogP contribution < -0.4 is 11.1 Å². The lowest BCUT2D eigenvalue weighted by Crippen LogP contribution is -2.47. The predicted octanol–water partition coefficient (Wildman–Crippen LogP) is 1.87. The Hall–Kier alpha value is -1.55. The van der Waals surface area contributed by atoms with Crippen LogP contribution in [0.2, 0.25) is 0 Å². The Morgan fingerprint density at radius 3 is 2.50 bits per heavy atom. The van der Waals surface area contributed by atoms with Crippen molar-refractivity contribution in [1.82, 2.24) is 10.2 Å². The van der Waals surface area contributed by atoms with Gasteiger partial charge >= 0.3 is 0 Å². The van der Waals surface area contributed by atoms with Crippen molar-refractivity contribution in [3.63, 3.8) is 0 Å². The molecule has 0 bridgehead atoms. The summed E-state index contributed by atoms with van der Waals surface area (Å²) >= 11 is 0. The summed E-state index contributed by atoms with van der Waals surface area (Å²) in [5.74, 6) is 0.126. The van der Waals surface area contributed by atoms with Gasteiger partial charge < -0.3 is 16.0 Å². The van der Waals surface area contributed by atoms with Crippen molar-refractivity contribution in [3.05, 3.63) is 29.8 Å². The summed E-state index contributed by atoms with van der Waals surface area (Å²) in [6.07, 6.45) is 4.80. The minimum Gasteiger partial charge on any atom is -0.399 e. The zero-order valence-electron chi connectivity index (χ0n) is 11.9. The summed E-state index contributed by atoms with van der Waals surface area (Å²) in [5.41, 5.74) is 7.61. The molecule has 1 spiro atoms. The van der Waals surface area contributed by atoms with Gasteiger partial charge in [0.2, 0.25) is 0 Å². The minimum absolute atomic E-state index is 0.126. The number of nitrogens with zero attached hydrogens (tertiary/aromatic N) is 1. The second-order valence-corrected chi connectivity index (χ2v) is 6.17. The lowest BCUT2D eigenvalue weighted by Gasteiger charge is -2.44. The van der Waals surface area contributed by atoms with Gasteiger partial charge in [0.25, 0.3) is 5.91 Å². The van der Waals surface area contributed by atoms with E-state index in [1.54, 1.807) is 6.07 Å². The molecule has 1 aromatic rings. The van der Waals surface area contributed by atoms with Crippen molar-refractivity contribution in [2.24, 2.45) is 5.41 Å². The minimum atomic E-state index is 0.126. The molecular weight excluding hydrogens is 250 g/mol. The standard InChI is InChI=1S/C16H23N3O/c17-14-3-1-2-13(12-14)15(20)19-10-6-16(7-11-19)4-8-18-9-5-16/h1-3,12,18H,4-11,17H2. The molecule has 2 aliphatic heterocycles. The van der Waals surface area contributed by atoms with Crippen LogP contribution in [-0.2, 0) is 0 Å². The van der Waals surface area contributed by atoms with E-state index in [4.69, 9.17) is 5.73 Å². The number of likely N-dealkylation sites (tertiary alicyclic amines) is 1. The Bertz CT molecular complexity index is 484. The number of hydrogen-bond donors (Lipinski definition) is 2. The molecule has 0 aliphatic carbocycles. The fraction of sp³-hybridized carbons (Fsp3) is 0.562. The van der Waals surface area contributed by atoms with E-state index >= 15 is 0 Å². The van der Waals surface area contributed by atoms with E-state index in [1.807, 2.05) is 23.1 Å². The Kier molecular flexibility index (Phi) is 3.66. The largest absolute Gasteiger partial charge is 0.399 e. The lowest BCUT2D eigenvalue weighted by molar-refractivity contribution is 0.0496. The molecule has 1 aromatic carbocycles. The highest BCUT2D eigenvalue weighted by Gasteiger charge is 2.36. The van der Waals surface area contributed by atoms with Gasteiger partial charge in [-0.1, -0.05) is 6.07 Å². The van der Waals surface area contributed by atoms with Crippen LogP contribution in [0.4, 0.5) is 5.69 Å². The van der Waals surface area contributed by atoms with Crippen LogP contribution in [0.5, 0.6) is 0 Å². The highest BCUT2D eigenvalue weighted by Crippen LogP contribution is 2.39. The fourth-order valence-corrected chi connectivity index (χ4v) is 3.50. The SMILES string of the molecule is Nc1cccc(C(=O)N2CCC3(CCNCC3)CC2)c1. The monoisotopic (exact) mass is 273 g/mol. The number of amides is 1. The lowest BCUT2D eigenvalue weighted by atomic mass is 9.71. The molecule has 0 unspecified atom stereocenters. The molecule has 20 heavy (non-hydrogen) atoms. The predicted molar refractivity (Wildman–Crippen MR) is 80.5 cm³/mol. The van der Waals surface area contributed by atoms with Crippen LogP contribution in [0.3, 0.4) is 0 Å². The molecule has 2 aliphatic rings. The number of carbonyl (C=O) groups is 1. The van der Waals surface area contributed by atoms with Gasteiger partial charge in [0.1, 0.15) is 0 Å². The molecule has 0 radical (unpaired) electrons. The van der Waals surface area contributed by atoms with E-state index in [0.29, 0.717) is 16.7 Å². The van der Waals surface area contributed by atoms with Crippen LogP contribution in [0.15, 0.2) is 24.3 Å². The van der Waals surface area contributed by atoms with Crippen LogP contribution in [0.1, 0.15) is 36.0 Å². The zero-order chi connectivity index (χ0) is 14.0. The number of nitrogens with one attached hydrogen (secondary N) is 1. The van der Waals surface area contributed by atoms with E-state index in [1.165, 1.54) is 12.8 Å². The van der Waals surface area contributed by atoms with Gasteiger partial charge in [-0.15, -0.1) is 0 Å². The highest BCUT2D eigenvalue weighted by molar-refractivity contribution is 5.95. The van der Waals surface area contributed by atoms with Crippen molar-refractivity contribution in [1.29, 1.82) is 0 Å². The van der Waals surface area contributed by atoms with Gasteiger partial charge in [-0.05, 0) is 62.4 Å². The van der Waals surface area contributed by atoms with Crippen LogP contribution in [0, 0.1) is 5.41 Å². The molecular formula is C16H23N3O. The third-order valence-corrected chi connectivity index (χ3v) is 4.91. The summed E-state index contributed by atoms with van der Waals surface area (Å²) in [5, 5.41) is 3.43. The third-order valence-electron chi connectivity index (χ3n) is 4.91. The van der Waals surface area contributed by atoms with Crippen LogP contribution in [-0.4, -0.2) is 37.0 Å². The summed E-state index contributed by atoms with van der Waals surface area (Å²) in [6, 6.07) is 7.29. The average Bonchev–Trinajstić information content (AvgIpc) is 2.48. The molecule has 1 amide bonds. The van der Waals surface area contributed by atoms with E-state index < -0.39 is 0 Å². The average molecular weight is 273 g/mol. The molecule has 0 atom stereocenters. The number of nitrogens with two attached hydrogens (primary N) is 1.